The van der Waals surface area contributed by atoms with E-state index in [0.717, 1.165) is 23.7 Å². The number of fused-ring (bicyclic) bond motifs is 1. The van der Waals surface area contributed by atoms with Gasteiger partial charge in [-0.1, -0.05) is 18.2 Å². The number of carbonyl (C=O) groups is 2. The van der Waals surface area contributed by atoms with Gasteiger partial charge in [0.05, 0.1) is 18.0 Å². The molecule has 1 aliphatic heterocycles. The number of piperidine rings is 1. The highest BCUT2D eigenvalue weighted by Gasteiger charge is 2.30. The fourth-order valence-corrected chi connectivity index (χ4v) is 2.94. The monoisotopic (exact) mass is 313 g/mol. The summed E-state index contributed by atoms with van der Waals surface area (Å²) >= 11 is 0. The zero-order chi connectivity index (χ0) is 16.2. The number of benzene rings is 1. The van der Waals surface area contributed by atoms with E-state index in [1.807, 2.05) is 24.3 Å². The van der Waals surface area contributed by atoms with Gasteiger partial charge in [0.1, 0.15) is 12.0 Å². The van der Waals surface area contributed by atoms with Gasteiger partial charge in [0.25, 0.3) is 5.91 Å². The molecule has 23 heavy (non-hydrogen) atoms. The summed E-state index contributed by atoms with van der Waals surface area (Å²) in [5, 5.41) is 0.734. The summed E-state index contributed by atoms with van der Waals surface area (Å²) in [4.78, 5) is 34.8. The lowest BCUT2D eigenvalue weighted by Gasteiger charge is -2.31. The van der Waals surface area contributed by atoms with Crippen LogP contribution < -0.4 is 0 Å². The van der Waals surface area contributed by atoms with Crippen molar-refractivity contribution in [1.29, 1.82) is 0 Å². The number of likely N-dealkylation sites (tertiary alicyclic amines) is 1. The second kappa shape index (κ2) is 6.73. The first-order valence-electron chi connectivity index (χ1n) is 7.86. The Kier molecular flexibility index (Phi) is 4.50. The van der Waals surface area contributed by atoms with Crippen molar-refractivity contribution in [3.63, 3.8) is 0 Å². The van der Waals surface area contributed by atoms with Gasteiger partial charge in [-0.25, -0.2) is 9.97 Å². The SMILES string of the molecule is CCOC(=O)C1CCCN(C(=O)c2ncnc3ccccc23)C1. The number of amides is 1. The van der Waals surface area contributed by atoms with Crippen LogP contribution in [0.3, 0.4) is 0 Å². The minimum absolute atomic E-state index is 0.155. The number of nitrogens with zero attached hydrogens (tertiary/aromatic N) is 3. The smallest absolute Gasteiger partial charge is 0.310 e. The van der Waals surface area contributed by atoms with Crippen LogP contribution in [0.25, 0.3) is 10.9 Å². The quantitative estimate of drug-likeness (QED) is 0.811. The van der Waals surface area contributed by atoms with Crippen LogP contribution in [-0.4, -0.2) is 46.4 Å². The van der Waals surface area contributed by atoms with Gasteiger partial charge in [-0.2, -0.15) is 0 Å². The molecule has 1 unspecified atom stereocenters. The Morgan fingerprint density at radius 2 is 2.13 bits per heavy atom. The molecular formula is C17H19N3O3. The molecule has 1 atom stereocenters. The van der Waals surface area contributed by atoms with Gasteiger partial charge in [0.15, 0.2) is 0 Å². The van der Waals surface area contributed by atoms with Crippen LogP contribution in [0.5, 0.6) is 0 Å². The van der Waals surface area contributed by atoms with Crippen LogP contribution in [0.4, 0.5) is 0 Å². The highest BCUT2D eigenvalue weighted by molar-refractivity contribution is 6.04. The first-order valence-corrected chi connectivity index (χ1v) is 7.86. The molecule has 0 bridgehead atoms. The maximum Gasteiger partial charge on any atom is 0.310 e. The average molecular weight is 313 g/mol. The number of esters is 1. The van der Waals surface area contributed by atoms with E-state index in [2.05, 4.69) is 9.97 Å². The van der Waals surface area contributed by atoms with Crippen molar-refractivity contribution in [3.05, 3.63) is 36.3 Å². The molecule has 2 aromatic rings. The minimum atomic E-state index is -0.249. The highest BCUT2D eigenvalue weighted by Crippen LogP contribution is 2.22. The number of ether oxygens (including phenoxy) is 1. The maximum absolute atomic E-state index is 12.8. The summed E-state index contributed by atoms with van der Waals surface area (Å²) in [6.45, 7) is 3.17. The van der Waals surface area contributed by atoms with Gasteiger partial charge in [-0.15, -0.1) is 0 Å². The molecule has 1 saturated heterocycles. The Morgan fingerprint density at radius 1 is 1.30 bits per heavy atom. The van der Waals surface area contributed by atoms with Gasteiger partial charge in [0.2, 0.25) is 0 Å². The third-order valence-electron chi connectivity index (χ3n) is 4.07. The van der Waals surface area contributed by atoms with Crippen molar-refractivity contribution in [2.24, 2.45) is 5.92 Å². The summed E-state index contributed by atoms with van der Waals surface area (Å²) in [6, 6.07) is 7.43. The molecule has 0 aliphatic carbocycles. The standard InChI is InChI=1S/C17H19N3O3/c1-2-23-17(22)12-6-5-9-20(10-12)16(21)15-13-7-3-4-8-14(13)18-11-19-15/h3-4,7-8,11-12H,2,5-6,9-10H2,1H3. The number of aromatic nitrogens is 2. The largest absolute Gasteiger partial charge is 0.466 e. The third-order valence-corrected chi connectivity index (χ3v) is 4.07. The zero-order valence-corrected chi connectivity index (χ0v) is 13.1. The Hall–Kier alpha value is -2.50. The van der Waals surface area contributed by atoms with Gasteiger partial charge in [-0.05, 0) is 25.8 Å². The Balaban J connectivity index is 1.83. The number of para-hydroxylation sites is 1. The molecule has 3 rings (SSSR count). The van der Waals surface area contributed by atoms with Gasteiger partial charge in [-0.3, -0.25) is 9.59 Å². The van der Waals surface area contributed by atoms with E-state index in [1.54, 1.807) is 11.8 Å². The fourth-order valence-electron chi connectivity index (χ4n) is 2.94. The average Bonchev–Trinajstić information content (AvgIpc) is 2.61. The predicted molar refractivity (Wildman–Crippen MR) is 84.8 cm³/mol. The molecular weight excluding hydrogens is 294 g/mol. The second-order valence-electron chi connectivity index (χ2n) is 5.58. The molecule has 0 saturated carbocycles. The molecule has 6 nitrogen and oxygen atoms in total. The van der Waals surface area contributed by atoms with Crippen LogP contribution in [0.1, 0.15) is 30.3 Å². The van der Waals surface area contributed by atoms with E-state index < -0.39 is 0 Å². The van der Waals surface area contributed by atoms with Crippen molar-refractivity contribution < 1.29 is 14.3 Å². The zero-order valence-electron chi connectivity index (χ0n) is 13.1. The highest BCUT2D eigenvalue weighted by atomic mass is 16.5. The molecule has 120 valence electrons. The van der Waals surface area contributed by atoms with Crippen LogP contribution in [0.2, 0.25) is 0 Å². The minimum Gasteiger partial charge on any atom is -0.466 e. The van der Waals surface area contributed by atoms with E-state index in [0.29, 0.717) is 25.4 Å². The number of rotatable bonds is 3. The maximum atomic E-state index is 12.8. The van der Waals surface area contributed by atoms with E-state index in [9.17, 15) is 9.59 Å². The van der Waals surface area contributed by atoms with Crippen LogP contribution in [0.15, 0.2) is 30.6 Å². The normalized spacial score (nSPS) is 18.0. The summed E-state index contributed by atoms with van der Waals surface area (Å²) in [6.07, 6.45) is 2.95. The van der Waals surface area contributed by atoms with Crippen molar-refractivity contribution in [1.82, 2.24) is 14.9 Å². The first-order chi connectivity index (χ1) is 11.2. The fraction of sp³-hybridized carbons (Fsp3) is 0.412. The molecule has 0 radical (unpaired) electrons. The molecule has 2 heterocycles. The molecule has 0 N–H and O–H groups in total. The number of hydrogen-bond donors (Lipinski definition) is 0. The van der Waals surface area contributed by atoms with Crippen LogP contribution in [-0.2, 0) is 9.53 Å². The Labute approximate surface area is 134 Å². The molecule has 1 amide bonds. The molecule has 6 heteroatoms. The Bertz CT molecular complexity index is 727. The third kappa shape index (κ3) is 3.16. The lowest BCUT2D eigenvalue weighted by Crippen LogP contribution is -2.43. The van der Waals surface area contributed by atoms with Gasteiger partial charge < -0.3 is 9.64 Å². The van der Waals surface area contributed by atoms with E-state index in [4.69, 9.17) is 4.74 Å². The van der Waals surface area contributed by atoms with Crippen molar-refractivity contribution >= 4 is 22.8 Å². The predicted octanol–water partition coefficient (Wildman–Crippen LogP) is 2.05. The lowest BCUT2D eigenvalue weighted by atomic mass is 9.97. The number of hydrogen-bond acceptors (Lipinski definition) is 5. The van der Waals surface area contributed by atoms with E-state index in [-0.39, 0.29) is 17.8 Å². The molecule has 1 aromatic heterocycles. The van der Waals surface area contributed by atoms with E-state index in [1.165, 1.54) is 6.33 Å². The van der Waals surface area contributed by atoms with Gasteiger partial charge in [0, 0.05) is 18.5 Å². The van der Waals surface area contributed by atoms with E-state index >= 15 is 0 Å². The topological polar surface area (TPSA) is 72.4 Å². The Morgan fingerprint density at radius 3 is 2.96 bits per heavy atom. The van der Waals surface area contributed by atoms with Gasteiger partial charge >= 0.3 is 5.97 Å². The second-order valence-corrected chi connectivity index (χ2v) is 5.58. The van der Waals surface area contributed by atoms with Crippen molar-refractivity contribution in [3.8, 4) is 0 Å². The first kappa shape index (κ1) is 15.4. The van der Waals surface area contributed by atoms with Crippen molar-refractivity contribution in [2.45, 2.75) is 19.8 Å². The van der Waals surface area contributed by atoms with Crippen LogP contribution in [0, 0.1) is 5.92 Å². The van der Waals surface area contributed by atoms with Crippen LogP contribution >= 0.6 is 0 Å². The molecule has 1 fully saturated rings. The summed E-state index contributed by atoms with van der Waals surface area (Å²) < 4.78 is 5.08. The molecule has 1 aromatic carbocycles. The lowest BCUT2D eigenvalue weighted by molar-refractivity contribution is -0.149. The summed E-state index contributed by atoms with van der Waals surface area (Å²) in [5.41, 5.74) is 1.13. The molecule has 0 spiro atoms. The summed E-state index contributed by atoms with van der Waals surface area (Å²) in [7, 11) is 0. The van der Waals surface area contributed by atoms with Crippen molar-refractivity contribution in [2.75, 3.05) is 19.7 Å². The molecule has 1 aliphatic rings. The summed E-state index contributed by atoms with van der Waals surface area (Å²) in [5.74, 6) is -0.629. The number of carbonyl (C=O) groups excluding carboxylic acids is 2.